The number of carbonyl (C=O) groups is 4. The van der Waals surface area contributed by atoms with E-state index in [4.69, 9.17) is 4.74 Å². The van der Waals surface area contributed by atoms with Crippen molar-refractivity contribution in [1.29, 1.82) is 0 Å². The van der Waals surface area contributed by atoms with E-state index in [1.165, 1.54) is 12.0 Å². The van der Waals surface area contributed by atoms with E-state index < -0.39 is 5.97 Å². The monoisotopic (exact) mass is 588 g/mol. The Morgan fingerprint density at radius 2 is 1.34 bits per heavy atom. The Morgan fingerprint density at radius 3 is 2.07 bits per heavy atom. The first kappa shape index (κ1) is 29.8. The molecule has 0 saturated carbocycles. The van der Waals surface area contributed by atoms with Crippen LogP contribution in [0.2, 0.25) is 0 Å². The minimum absolute atomic E-state index is 0.0375. The molecule has 0 spiro atoms. The second-order valence-electron chi connectivity index (χ2n) is 10.1. The summed E-state index contributed by atoms with van der Waals surface area (Å²) in [6.07, 6.45) is 1.79. The molecule has 9 nitrogen and oxygen atoms in total. The number of hydrogen-bond donors (Lipinski definition) is 3. The normalized spacial score (nSPS) is 12.9. The molecule has 0 aromatic heterocycles. The molecule has 4 aromatic rings. The lowest BCUT2D eigenvalue weighted by Crippen LogP contribution is -2.40. The van der Waals surface area contributed by atoms with Gasteiger partial charge in [-0.15, -0.1) is 0 Å². The Labute approximate surface area is 255 Å². The van der Waals surface area contributed by atoms with E-state index in [-0.39, 0.29) is 37.4 Å². The van der Waals surface area contributed by atoms with E-state index in [1.807, 2.05) is 72.8 Å². The fourth-order valence-corrected chi connectivity index (χ4v) is 4.95. The van der Waals surface area contributed by atoms with Crippen molar-refractivity contribution >= 4 is 40.8 Å². The maximum absolute atomic E-state index is 13.8. The number of benzene rings is 4. The van der Waals surface area contributed by atoms with Crippen molar-refractivity contribution < 1.29 is 23.9 Å². The molecule has 0 saturated heterocycles. The molecule has 0 fully saturated rings. The molecule has 4 amide bonds. The third-order valence-corrected chi connectivity index (χ3v) is 7.18. The van der Waals surface area contributed by atoms with Gasteiger partial charge in [0.1, 0.15) is 6.54 Å². The number of urea groups is 1. The van der Waals surface area contributed by atoms with Crippen molar-refractivity contribution in [2.45, 2.75) is 19.5 Å². The average Bonchev–Trinajstić information content (AvgIpc) is 3.15. The Balaban J connectivity index is 1.24. The predicted octanol–water partition coefficient (Wildman–Crippen LogP) is 5.28. The van der Waals surface area contributed by atoms with Gasteiger partial charge in [-0.05, 0) is 46.5 Å². The van der Waals surface area contributed by atoms with Gasteiger partial charge in [0.15, 0.2) is 0 Å². The van der Waals surface area contributed by atoms with Crippen LogP contribution in [-0.2, 0) is 27.4 Å². The topological polar surface area (TPSA) is 117 Å². The van der Waals surface area contributed by atoms with Gasteiger partial charge < -0.3 is 20.7 Å². The van der Waals surface area contributed by atoms with Gasteiger partial charge in [0.05, 0.1) is 19.2 Å². The maximum Gasteiger partial charge on any atom is 0.319 e. The zero-order valence-electron chi connectivity index (χ0n) is 24.2. The van der Waals surface area contributed by atoms with Gasteiger partial charge in [-0.2, -0.15) is 0 Å². The minimum Gasteiger partial charge on any atom is -0.469 e. The molecular formula is C35H32N4O5. The van der Waals surface area contributed by atoms with E-state index in [9.17, 15) is 19.2 Å². The van der Waals surface area contributed by atoms with Crippen LogP contribution in [0.25, 0.3) is 5.57 Å². The van der Waals surface area contributed by atoms with Crippen molar-refractivity contribution in [3.8, 4) is 0 Å². The van der Waals surface area contributed by atoms with Crippen molar-refractivity contribution in [1.82, 2.24) is 10.6 Å². The number of methoxy groups -OCH3 is 1. The summed E-state index contributed by atoms with van der Waals surface area (Å²) in [6, 6.07) is 30.9. The number of nitrogens with zero attached hydrogens (tertiary/aromatic N) is 1. The third-order valence-electron chi connectivity index (χ3n) is 7.18. The molecule has 1 aliphatic heterocycles. The van der Waals surface area contributed by atoms with Crippen LogP contribution in [0.5, 0.6) is 0 Å². The number of rotatable bonds is 9. The molecule has 1 heterocycles. The number of esters is 1. The molecule has 222 valence electrons. The fourth-order valence-electron chi connectivity index (χ4n) is 4.95. The summed E-state index contributed by atoms with van der Waals surface area (Å²) in [5.74, 6) is -1.05. The molecule has 0 unspecified atom stereocenters. The van der Waals surface area contributed by atoms with Crippen LogP contribution >= 0.6 is 0 Å². The maximum atomic E-state index is 13.8. The number of hydrogen-bond acceptors (Lipinski definition) is 5. The summed E-state index contributed by atoms with van der Waals surface area (Å²) in [7, 11) is 1.33. The first-order chi connectivity index (χ1) is 21.4. The zero-order chi connectivity index (χ0) is 30.9. The van der Waals surface area contributed by atoms with Crippen LogP contribution in [0, 0.1) is 0 Å². The van der Waals surface area contributed by atoms with Crippen LogP contribution in [0.15, 0.2) is 109 Å². The predicted molar refractivity (Wildman–Crippen MR) is 169 cm³/mol. The number of fused-ring (bicyclic) bond motifs is 2. The molecule has 0 radical (unpaired) electrons. The van der Waals surface area contributed by atoms with Crippen molar-refractivity contribution in [2.24, 2.45) is 0 Å². The number of para-hydroxylation sites is 1. The molecule has 3 N–H and O–H groups in total. The lowest BCUT2D eigenvalue weighted by molar-refractivity contribution is -0.139. The largest absolute Gasteiger partial charge is 0.469 e. The van der Waals surface area contributed by atoms with Crippen LogP contribution in [0.4, 0.5) is 16.2 Å². The van der Waals surface area contributed by atoms with E-state index in [2.05, 4.69) is 16.0 Å². The number of amides is 4. The van der Waals surface area contributed by atoms with Gasteiger partial charge in [0, 0.05) is 29.9 Å². The smallest absolute Gasteiger partial charge is 0.319 e. The van der Waals surface area contributed by atoms with Crippen LogP contribution in [-0.4, -0.2) is 37.5 Å². The van der Waals surface area contributed by atoms with Crippen molar-refractivity contribution in [3.05, 3.63) is 137 Å². The number of anilines is 2. The molecule has 1 aliphatic rings. The summed E-state index contributed by atoms with van der Waals surface area (Å²) in [5, 5.41) is 8.50. The molecule has 5 rings (SSSR count). The van der Waals surface area contributed by atoms with Crippen LogP contribution < -0.4 is 20.9 Å². The molecule has 9 heteroatoms. The van der Waals surface area contributed by atoms with E-state index in [0.29, 0.717) is 29.0 Å². The summed E-state index contributed by atoms with van der Waals surface area (Å²) in [4.78, 5) is 52.6. The second-order valence-corrected chi connectivity index (χ2v) is 10.1. The Kier molecular flexibility index (Phi) is 9.46. The highest BCUT2D eigenvalue weighted by Crippen LogP contribution is 2.38. The molecule has 0 aliphatic carbocycles. The summed E-state index contributed by atoms with van der Waals surface area (Å²) in [5.41, 5.74) is 5.59. The lowest BCUT2D eigenvalue weighted by atomic mass is 9.93. The fraction of sp³-hybridized carbons (Fsp3) is 0.143. The third kappa shape index (κ3) is 7.19. The minimum atomic E-state index is -0.394. The highest BCUT2D eigenvalue weighted by atomic mass is 16.5. The molecular weight excluding hydrogens is 556 g/mol. The first-order valence-electron chi connectivity index (χ1n) is 14.1. The van der Waals surface area contributed by atoms with Crippen molar-refractivity contribution in [3.63, 3.8) is 0 Å². The van der Waals surface area contributed by atoms with Gasteiger partial charge in [-0.1, -0.05) is 84.9 Å². The Morgan fingerprint density at radius 1 is 0.727 bits per heavy atom. The van der Waals surface area contributed by atoms with E-state index >= 15 is 0 Å². The quantitative estimate of drug-likeness (QED) is 0.230. The summed E-state index contributed by atoms with van der Waals surface area (Å²) >= 11 is 0. The van der Waals surface area contributed by atoms with Gasteiger partial charge >= 0.3 is 12.0 Å². The molecule has 44 heavy (non-hydrogen) atoms. The zero-order valence-corrected chi connectivity index (χ0v) is 24.2. The lowest BCUT2D eigenvalue weighted by Gasteiger charge is -2.23. The van der Waals surface area contributed by atoms with Crippen molar-refractivity contribution in [2.75, 3.05) is 23.9 Å². The van der Waals surface area contributed by atoms with Gasteiger partial charge in [-0.25, -0.2) is 4.79 Å². The summed E-state index contributed by atoms with van der Waals surface area (Å²) in [6.45, 7) is 0.455. The number of ether oxygens (including phenoxy) is 1. The van der Waals surface area contributed by atoms with E-state index in [0.717, 1.165) is 22.3 Å². The standard InChI is InChI=1S/C35H32N4O5/c1-44-33(41)20-19-28-27-11-5-6-13-30(27)34(42)39(31-14-8-7-12-29(28)31)23-32(40)36-21-25-15-17-26(18-16-25)38-35(43)37-22-24-9-3-2-4-10-24/h2-19H,20-23H2,1H3,(H,36,40)(H2,37,38,43). The number of carbonyl (C=O) groups excluding carboxylic acids is 4. The molecule has 0 bridgehead atoms. The van der Waals surface area contributed by atoms with Crippen LogP contribution in [0.3, 0.4) is 0 Å². The molecule has 4 aromatic carbocycles. The molecule has 0 atom stereocenters. The Bertz CT molecular complexity index is 1700. The SMILES string of the molecule is COC(=O)CC=C1c2ccccc2C(=O)N(CC(=O)NCc2ccc(NC(=O)NCc3ccccc3)cc2)c2ccccc21. The summed E-state index contributed by atoms with van der Waals surface area (Å²) < 4.78 is 4.82. The van der Waals surface area contributed by atoms with Gasteiger partial charge in [0.25, 0.3) is 5.91 Å². The number of nitrogens with one attached hydrogen (secondary N) is 3. The Hall–Kier alpha value is -5.70. The van der Waals surface area contributed by atoms with E-state index in [1.54, 1.807) is 36.4 Å². The van der Waals surface area contributed by atoms with Gasteiger partial charge in [-0.3, -0.25) is 19.3 Å². The van der Waals surface area contributed by atoms with Gasteiger partial charge in [0.2, 0.25) is 5.91 Å². The first-order valence-corrected chi connectivity index (χ1v) is 14.1. The highest BCUT2D eigenvalue weighted by molar-refractivity contribution is 6.15. The second kappa shape index (κ2) is 14.0. The average molecular weight is 589 g/mol. The highest BCUT2D eigenvalue weighted by Gasteiger charge is 2.30. The van der Waals surface area contributed by atoms with Crippen LogP contribution in [0.1, 0.15) is 39.0 Å².